The van der Waals surface area contributed by atoms with Gasteiger partial charge in [0.2, 0.25) is 5.89 Å². The second-order valence-electron chi connectivity index (χ2n) is 5.38. The Morgan fingerprint density at radius 3 is 2.53 bits per heavy atom. The Morgan fingerprint density at radius 1 is 1.24 bits per heavy atom. The second kappa shape index (κ2) is 4.94. The number of nitrogens with zero attached hydrogens (tertiary/aromatic N) is 2. The molecule has 1 heterocycles. The highest BCUT2D eigenvalue weighted by atomic mass is 35.5. The van der Waals surface area contributed by atoms with E-state index in [9.17, 15) is 0 Å². The molecule has 0 bridgehead atoms. The van der Waals surface area contributed by atoms with Crippen LogP contribution in [-0.2, 0) is 12.0 Å². The largest absolute Gasteiger partial charge is 0.339 e. The molecule has 2 aliphatic rings. The van der Waals surface area contributed by atoms with E-state index in [-0.39, 0.29) is 17.9 Å². The lowest BCUT2D eigenvalue weighted by Crippen LogP contribution is -2.34. The Labute approximate surface area is 108 Å². The first-order chi connectivity index (χ1) is 7.76. The first-order valence-electron chi connectivity index (χ1n) is 6.38. The van der Waals surface area contributed by atoms with Gasteiger partial charge in [0.1, 0.15) is 0 Å². The lowest BCUT2D eigenvalue weighted by Gasteiger charge is -2.23. The molecule has 0 spiro atoms. The van der Waals surface area contributed by atoms with Gasteiger partial charge in [0, 0.05) is 6.42 Å². The van der Waals surface area contributed by atoms with E-state index in [2.05, 4.69) is 10.1 Å². The summed E-state index contributed by atoms with van der Waals surface area (Å²) in [4.78, 5) is 4.48. The zero-order valence-corrected chi connectivity index (χ0v) is 10.8. The topological polar surface area (TPSA) is 64.9 Å². The highest BCUT2D eigenvalue weighted by molar-refractivity contribution is 5.85. The van der Waals surface area contributed by atoms with E-state index in [1.165, 1.54) is 32.1 Å². The maximum absolute atomic E-state index is 6.29. The summed E-state index contributed by atoms with van der Waals surface area (Å²) < 4.78 is 5.31. The van der Waals surface area contributed by atoms with E-state index in [1.54, 1.807) is 0 Å². The SMILES string of the molecule is Cl.NC1(c2noc(CC3CCC3)n2)CCCC1. The fourth-order valence-electron chi connectivity index (χ4n) is 2.71. The summed E-state index contributed by atoms with van der Waals surface area (Å²) in [6.45, 7) is 0. The average molecular weight is 258 g/mol. The highest BCUT2D eigenvalue weighted by Gasteiger charge is 2.36. The Kier molecular flexibility index (Phi) is 3.73. The van der Waals surface area contributed by atoms with E-state index in [0.717, 1.165) is 36.9 Å². The number of rotatable bonds is 3. The summed E-state index contributed by atoms with van der Waals surface area (Å²) in [6, 6.07) is 0. The lowest BCUT2D eigenvalue weighted by atomic mass is 9.83. The third-order valence-electron chi connectivity index (χ3n) is 4.10. The molecule has 0 saturated heterocycles. The molecular formula is C12H20ClN3O. The third kappa shape index (κ3) is 2.47. The molecular weight excluding hydrogens is 238 g/mol. The average Bonchev–Trinajstić information content (AvgIpc) is 2.81. The molecule has 1 aromatic rings. The molecule has 0 radical (unpaired) electrons. The molecule has 0 aromatic carbocycles. The monoisotopic (exact) mass is 257 g/mol. The Bertz CT molecular complexity index is 370. The number of hydrogen-bond donors (Lipinski definition) is 1. The van der Waals surface area contributed by atoms with E-state index in [1.807, 2.05) is 0 Å². The van der Waals surface area contributed by atoms with E-state index >= 15 is 0 Å². The second-order valence-corrected chi connectivity index (χ2v) is 5.38. The minimum absolute atomic E-state index is 0. The first kappa shape index (κ1) is 12.8. The predicted octanol–water partition coefficient (Wildman–Crippen LogP) is 2.56. The first-order valence-corrected chi connectivity index (χ1v) is 6.38. The molecule has 17 heavy (non-hydrogen) atoms. The van der Waals surface area contributed by atoms with Crippen LogP contribution in [0.4, 0.5) is 0 Å². The highest BCUT2D eigenvalue weighted by Crippen LogP contribution is 2.35. The van der Waals surface area contributed by atoms with Crippen LogP contribution in [0.25, 0.3) is 0 Å². The van der Waals surface area contributed by atoms with Crippen molar-refractivity contribution < 1.29 is 4.52 Å². The van der Waals surface area contributed by atoms with Crippen LogP contribution >= 0.6 is 12.4 Å². The molecule has 4 nitrogen and oxygen atoms in total. The van der Waals surface area contributed by atoms with Crippen LogP contribution in [0, 0.1) is 5.92 Å². The predicted molar refractivity (Wildman–Crippen MR) is 66.9 cm³/mol. The number of halogens is 1. The molecule has 0 aliphatic heterocycles. The summed E-state index contributed by atoms with van der Waals surface area (Å²) in [5.41, 5.74) is 5.98. The maximum Gasteiger partial charge on any atom is 0.226 e. The van der Waals surface area contributed by atoms with Crippen molar-refractivity contribution in [2.75, 3.05) is 0 Å². The molecule has 2 saturated carbocycles. The fourth-order valence-corrected chi connectivity index (χ4v) is 2.71. The summed E-state index contributed by atoms with van der Waals surface area (Å²) in [5, 5.41) is 4.07. The van der Waals surface area contributed by atoms with Gasteiger partial charge in [0.05, 0.1) is 5.54 Å². The molecule has 0 amide bonds. The van der Waals surface area contributed by atoms with Crippen molar-refractivity contribution in [3.63, 3.8) is 0 Å². The Balaban J connectivity index is 0.00000108. The molecule has 3 rings (SSSR count). The van der Waals surface area contributed by atoms with Gasteiger partial charge >= 0.3 is 0 Å². The zero-order valence-electron chi connectivity index (χ0n) is 10.0. The van der Waals surface area contributed by atoms with Gasteiger partial charge in [0.15, 0.2) is 5.82 Å². The summed E-state index contributed by atoms with van der Waals surface area (Å²) in [6.07, 6.45) is 9.28. The van der Waals surface area contributed by atoms with E-state index in [0.29, 0.717) is 0 Å². The van der Waals surface area contributed by atoms with Crippen molar-refractivity contribution in [2.45, 2.75) is 56.9 Å². The van der Waals surface area contributed by atoms with Crippen molar-refractivity contribution in [3.8, 4) is 0 Å². The van der Waals surface area contributed by atoms with Gasteiger partial charge in [0.25, 0.3) is 0 Å². The molecule has 2 N–H and O–H groups in total. The molecule has 0 atom stereocenters. The zero-order chi connectivity index (χ0) is 11.0. The molecule has 96 valence electrons. The third-order valence-corrected chi connectivity index (χ3v) is 4.10. The Morgan fingerprint density at radius 2 is 1.94 bits per heavy atom. The molecule has 1 aromatic heterocycles. The number of nitrogens with two attached hydrogens (primary N) is 1. The van der Waals surface area contributed by atoms with Gasteiger partial charge < -0.3 is 10.3 Å². The quantitative estimate of drug-likeness (QED) is 0.904. The molecule has 2 fully saturated rings. The van der Waals surface area contributed by atoms with E-state index in [4.69, 9.17) is 10.3 Å². The van der Waals surface area contributed by atoms with Crippen molar-refractivity contribution in [3.05, 3.63) is 11.7 Å². The van der Waals surface area contributed by atoms with E-state index < -0.39 is 0 Å². The van der Waals surface area contributed by atoms with Gasteiger partial charge in [-0.1, -0.05) is 24.4 Å². The van der Waals surface area contributed by atoms with Gasteiger partial charge in [-0.05, 0) is 31.6 Å². The van der Waals surface area contributed by atoms with Crippen LogP contribution in [0.15, 0.2) is 4.52 Å². The van der Waals surface area contributed by atoms with Crippen LogP contribution in [0.3, 0.4) is 0 Å². The molecule has 0 unspecified atom stereocenters. The standard InChI is InChI=1S/C12H19N3O.ClH/c13-12(6-1-2-7-12)11-14-10(16-15-11)8-9-4-3-5-9;/h9H,1-8,13H2;1H. The van der Waals surface area contributed by atoms with Crippen LogP contribution in [0.1, 0.15) is 56.7 Å². The maximum atomic E-state index is 6.29. The molecule has 2 aliphatic carbocycles. The molecule has 5 heteroatoms. The minimum atomic E-state index is -0.304. The Hall–Kier alpha value is -0.610. The lowest BCUT2D eigenvalue weighted by molar-refractivity contribution is 0.271. The van der Waals surface area contributed by atoms with Crippen LogP contribution in [0.2, 0.25) is 0 Å². The summed E-state index contributed by atoms with van der Waals surface area (Å²) >= 11 is 0. The van der Waals surface area contributed by atoms with Gasteiger partial charge in [-0.2, -0.15) is 4.98 Å². The van der Waals surface area contributed by atoms with Crippen molar-refractivity contribution in [2.24, 2.45) is 11.7 Å². The number of hydrogen-bond acceptors (Lipinski definition) is 4. The smallest absolute Gasteiger partial charge is 0.226 e. The van der Waals surface area contributed by atoms with Gasteiger partial charge in [-0.3, -0.25) is 0 Å². The van der Waals surface area contributed by atoms with Crippen molar-refractivity contribution in [1.29, 1.82) is 0 Å². The fraction of sp³-hybridized carbons (Fsp3) is 0.833. The van der Waals surface area contributed by atoms with Crippen LogP contribution in [0.5, 0.6) is 0 Å². The number of aromatic nitrogens is 2. The van der Waals surface area contributed by atoms with Crippen molar-refractivity contribution in [1.82, 2.24) is 10.1 Å². The van der Waals surface area contributed by atoms with Crippen LogP contribution < -0.4 is 5.73 Å². The van der Waals surface area contributed by atoms with Gasteiger partial charge in [-0.15, -0.1) is 12.4 Å². The summed E-state index contributed by atoms with van der Waals surface area (Å²) in [5.74, 6) is 2.29. The van der Waals surface area contributed by atoms with Crippen LogP contribution in [-0.4, -0.2) is 10.1 Å². The van der Waals surface area contributed by atoms with Crippen molar-refractivity contribution >= 4 is 12.4 Å². The normalized spacial score (nSPS) is 23.1. The summed E-state index contributed by atoms with van der Waals surface area (Å²) in [7, 11) is 0. The van der Waals surface area contributed by atoms with Gasteiger partial charge in [-0.25, -0.2) is 0 Å². The minimum Gasteiger partial charge on any atom is -0.339 e.